The van der Waals surface area contributed by atoms with Crippen LogP contribution in [-0.4, -0.2) is 30.0 Å². The van der Waals surface area contributed by atoms with Crippen molar-refractivity contribution in [1.29, 1.82) is 0 Å². The van der Waals surface area contributed by atoms with Gasteiger partial charge in [0.05, 0.1) is 0 Å². The molecule has 0 aromatic heterocycles. The minimum absolute atomic E-state index is 0.0360. The Bertz CT molecular complexity index is 402. The summed E-state index contributed by atoms with van der Waals surface area (Å²) in [4.78, 5) is 14.4. The lowest BCUT2D eigenvalue weighted by molar-refractivity contribution is -0.150. The van der Waals surface area contributed by atoms with Gasteiger partial charge < -0.3 is 4.74 Å². The minimum Gasteiger partial charge on any atom is -0.460 e. The molecule has 0 radical (unpaired) electrons. The maximum absolute atomic E-state index is 12.1. The molecular formula is C16H23NO2. The SMILES string of the molecule is CC(C)CN1CCCC1C(=O)OCc1ccccc1. The van der Waals surface area contributed by atoms with Crippen LogP contribution in [0.1, 0.15) is 32.3 Å². The second-order valence-electron chi connectivity index (χ2n) is 5.64. The zero-order valence-electron chi connectivity index (χ0n) is 11.8. The Labute approximate surface area is 115 Å². The lowest BCUT2D eigenvalue weighted by Crippen LogP contribution is -2.39. The normalized spacial score (nSPS) is 19.8. The summed E-state index contributed by atoms with van der Waals surface area (Å²) < 4.78 is 5.44. The maximum atomic E-state index is 12.1. The van der Waals surface area contributed by atoms with Crippen molar-refractivity contribution in [3.63, 3.8) is 0 Å². The Kier molecular flexibility index (Phi) is 4.97. The van der Waals surface area contributed by atoms with E-state index in [2.05, 4.69) is 18.7 Å². The third kappa shape index (κ3) is 4.06. The van der Waals surface area contributed by atoms with Crippen molar-refractivity contribution in [3.8, 4) is 0 Å². The zero-order valence-corrected chi connectivity index (χ0v) is 11.8. The summed E-state index contributed by atoms with van der Waals surface area (Å²) in [7, 11) is 0. The second kappa shape index (κ2) is 6.71. The highest BCUT2D eigenvalue weighted by atomic mass is 16.5. The molecule has 1 aliphatic heterocycles. The molecule has 1 saturated heterocycles. The first-order valence-corrected chi connectivity index (χ1v) is 7.11. The van der Waals surface area contributed by atoms with E-state index in [1.54, 1.807) is 0 Å². The average Bonchev–Trinajstić information content (AvgIpc) is 2.84. The fourth-order valence-electron chi connectivity index (χ4n) is 2.61. The summed E-state index contributed by atoms with van der Waals surface area (Å²) in [6, 6.07) is 9.81. The van der Waals surface area contributed by atoms with E-state index in [1.165, 1.54) is 0 Å². The fourth-order valence-corrected chi connectivity index (χ4v) is 2.61. The predicted octanol–water partition coefficient (Wildman–Crippen LogP) is 2.85. The van der Waals surface area contributed by atoms with Crippen molar-refractivity contribution in [2.24, 2.45) is 5.92 Å². The minimum atomic E-state index is -0.0676. The standard InChI is InChI=1S/C16H23NO2/c1-13(2)11-17-10-6-9-15(17)16(18)19-12-14-7-4-3-5-8-14/h3-5,7-8,13,15H,6,9-12H2,1-2H3. The molecule has 0 N–H and O–H groups in total. The van der Waals surface area contributed by atoms with Crippen molar-refractivity contribution in [3.05, 3.63) is 35.9 Å². The number of likely N-dealkylation sites (tertiary alicyclic amines) is 1. The van der Waals surface area contributed by atoms with Crippen molar-refractivity contribution >= 4 is 5.97 Å². The van der Waals surface area contributed by atoms with Gasteiger partial charge in [0.25, 0.3) is 0 Å². The first-order valence-electron chi connectivity index (χ1n) is 7.11. The van der Waals surface area contributed by atoms with Crippen molar-refractivity contribution < 1.29 is 9.53 Å². The number of carbonyl (C=O) groups excluding carboxylic acids is 1. The molecule has 0 spiro atoms. The first-order chi connectivity index (χ1) is 9.16. The van der Waals surface area contributed by atoms with Crippen molar-refractivity contribution in [2.45, 2.75) is 39.3 Å². The molecule has 1 unspecified atom stereocenters. The Hall–Kier alpha value is -1.35. The smallest absolute Gasteiger partial charge is 0.323 e. The molecule has 1 atom stereocenters. The van der Waals surface area contributed by atoms with Crippen LogP contribution in [0, 0.1) is 5.92 Å². The van der Waals surface area contributed by atoms with Crippen LogP contribution in [0.2, 0.25) is 0 Å². The molecule has 3 heteroatoms. The maximum Gasteiger partial charge on any atom is 0.323 e. The van der Waals surface area contributed by atoms with Crippen LogP contribution in [0.25, 0.3) is 0 Å². The molecule has 1 fully saturated rings. The first kappa shape index (κ1) is 14.1. The average molecular weight is 261 g/mol. The van der Waals surface area contributed by atoms with E-state index < -0.39 is 0 Å². The second-order valence-corrected chi connectivity index (χ2v) is 5.64. The van der Waals surface area contributed by atoms with Gasteiger partial charge in [0.1, 0.15) is 12.6 Å². The lowest BCUT2D eigenvalue weighted by Gasteiger charge is -2.24. The van der Waals surface area contributed by atoms with E-state index in [9.17, 15) is 4.79 Å². The van der Waals surface area contributed by atoms with Crippen LogP contribution < -0.4 is 0 Å². The number of nitrogens with zero attached hydrogens (tertiary/aromatic N) is 1. The highest BCUT2D eigenvalue weighted by Crippen LogP contribution is 2.20. The molecule has 19 heavy (non-hydrogen) atoms. The lowest BCUT2D eigenvalue weighted by atomic mass is 10.1. The molecule has 104 valence electrons. The highest BCUT2D eigenvalue weighted by molar-refractivity contribution is 5.76. The van der Waals surface area contributed by atoms with Gasteiger partial charge in [-0.1, -0.05) is 44.2 Å². The molecule has 0 aliphatic carbocycles. The van der Waals surface area contributed by atoms with Gasteiger partial charge in [0.2, 0.25) is 0 Å². The number of carbonyl (C=O) groups is 1. The van der Waals surface area contributed by atoms with Crippen LogP contribution in [0.3, 0.4) is 0 Å². The van der Waals surface area contributed by atoms with E-state index in [0.717, 1.165) is 31.5 Å². The topological polar surface area (TPSA) is 29.5 Å². The Morgan fingerprint density at radius 3 is 2.79 bits per heavy atom. The van der Waals surface area contributed by atoms with Crippen LogP contribution in [0.5, 0.6) is 0 Å². The van der Waals surface area contributed by atoms with E-state index in [-0.39, 0.29) is 12.0 Å². The van der Waals surface area contributed by atoms with Crippen molar-refractivity contribution in [1.82, 2.24) is 4.90 Å². The monoisotopic (exact) mass is 261 g/mol. The third-order valence-corrected chi connectivity index (χ3v) is 3.46. The van der Waals surface area contributed by atoms with Gasteiger partial charge >= 0.3 is 5.97 Å². The number of esters is 1. The molecule has 1 aromatic rings. The van der Waals surface area contributed by atoms with Gasteiger partial charge in [-0.15, -0.1) is 0 Å². The van der Waals surface area contributed by atoms with Crippen LogP contribution in [0.4, 0.5) is 0 Å². The Balaban J connectivity index is 1.85. The van der Waals surface area contributed by atoms with Gasteiger partial charge in [-0.3, -0.25) is 9.69 Å². The van der Waals surface area contributed by atoms with Crippen LogP contribution in [-0.2, 0) is 16.1 Å². The Morgan fingerprint density at radius 2 is 2.11 bits per heavy atom. The van der Waals surface area contributed by atoms with E-state index >= 15 is 0 Å². The number of rotatable bonds is 5. The molecule has 2 rings (SSSR count). The van der Waals surface area contributed by atoms with Crippen LogP contribution in [0.15, 0.2) is 30.3 Å². The fraction of sp³-hybridized carbons (Fsp3) is 0.562. The summed E-state index contributed by atoms with van der Waals surface area (Å²) in [5, 5.41) is 0. The number of hydrogen-bond donors (Lipinski definition) is 0. The van der Waals surface area contributed by atoms with Crippen LogP contribution >= 0.6 is 0 Å². The van der Waals surface area contributed by atoms with Gasteiger partial charge in [0.15, 0.2) is 0 Å². The molecule has 3 nitrogen and oxygen atoms in total. The molecule has 1 heterocycles. The van der Waals surface area contributed by atoms with Gasteiger partial charge in [-0.2, -0.15) is 0 Å². The highest BCUT2D eigenvalue weighted by Gasteiger charge is 2.31. The van der Waals surface area contributed by atoms with Gasteiger partial charge in [0, 0.05) is 6.54 Å². The largest absolute Gasteiger partial charge is 0.460 e. The molecule has 0 bridgehead atoms. The quantitative estimate of drug-likeness (QED) is 0.763. The summed E-state index contributed by atoms with van der Waals surface area (Å²) in [6.07, 6.45) is 2.03. The summed E-state index contributed by atoms with van der Waals surface area (Å²) in [6.45, 7) is 6.75. The van der Waals surface area contributed by atoms with E-state index in [0.29, 0.717) is 12.5 Å². The molecule has 0 saturated carbocycles. The summed E-state index contributed by atoms with van der Waals surface area (Å²) in [5.74, 6) is 0.518. The van der Waals surface area contributed by atoms with Gasteiger partial charge in [-0.05, 0) is 30.9 Å². The predicted molar refractivity (Wildman–Crippen MR) is 75.7 cm³/mol. The number of benzene rings is 1. The molecule has 1 aliphatic rings. The van der Waals surface area contributed by atoms with Crippen molar-refractivity contribution in [2.75, 3.05) is 13.1 Å². The summed E-state index contributed by atoms with van der Waals surface area (Å²) >= 11 is 0. The number of ether oxygens (including phenoxy) is 1. The number of hydrogen-bond acceptors (Lipinski definition) is 3. The molecule has 1 aromatic carbocycles. The molecule has 0 amide bonds. The van der Waals surface area contributed by atoms with E-state index in [4.69, 9.17) is 4.74 Å². The summed E-state index contributed by atoms with van der Waals surface area (Å²) in [5.41, 5.74) is 1.05. The Morgan fingerprint density at radius 1 is 1.37 bits per heavy atom. The zero-order chi connectivity index (χ0) is 13.7. The van der Waals surface area contributed by atoms with Gasteiger partial charge in [-0.25, -0.2) is 0 Å². The third-order valence-electron chi connectivity index (χ3n) is 3.46. The van der Waals surface area contributed by atoms with E-state index in [1.807, 2.05) is 30.3 Å². The molecular weight excluding hydrogens is 238 g/mol.